The molecular formula is C18H24ClNO4. The molecule has 2 rings (SSSR count). The van der Waals surface area contributed by atoms with Crippen molar-refractivity contribution in [3.8, 4) is 5.75 Å². The molecule has 3 atom stereocenters. The van der Waals surface area contributed by atoms with Gasteiger partial charge in [0.05, 0.1) is 5.02 Å². The molecule has 5 nitrogen and oxygen atoms in total. The number of nitrogens with one attached hydrogen (secondary N) is 1. The van der Waals surface area contributed by atoms with Crippen molar-refractivity contribution in [2.75, 3.05) is 13.2 Å². The van der Waals surface area contributed by atoms with Gasteiger partial charge in [0.1, 0.15) is 5.75 Å². The number of rotatable bonds is 6. The molecule has 1 saturated carbocycles. The fourth-order valence-corrected chi connectivity index (χ4v) is 3.11. The van der Waals surface area contributed by atoms with E-state index in [0.717, 1.165) is 12.8 Å². The van der Waals surface area contributed by atoms with Crippen LogP contribution in [-0.2, 0) is 14.3 Å². The van der Waals surface area contributed by atoms with Gasteiger partial charge in [-0.05, 0) is 30.4 Å². The van der Waals surface area contributed by atoms with Crippen molar-refractivity contribution in [3.63, 3.8) is 0 Å². The Hall–Kier alpha value is -1.75. The number of benzene rings is 1. The van der Waals surface area contributed by atoms with Gasteiger partial charge in [-0.25, -0.2) is 4.79 Å². The van der Waals surface area contributed by atoms with Crippen LogP contribution in [0.25, 0.3) is 0 Å². The minimum atomic E-state index is -0.602. The first kappa shape index (κ1) is 18.6. The minimum absolute atomic E-state index is 0.152. The highest BCUT2D eigenvalue weighted by atomic mass is 35.5. The minimum Gasteiger partial charge on any atom is -0.480 e. The normalized spacial score (nSPS) is 23.4. The lowest BCUT2D eigenvalue weighted by Crippen LogP contribution is -2.45. The molecule has 0 heterocycles. The Labute approximate surface area is 147 Å². The lowest BCUT2D eigenvalue weighted by atomic mass is 9.78. The van der Waals surface area contributed by atoms with E-state index in [1.807, 2.05) is 0 Å². The van der Waals surface area contributed by atoms with Crippen molar-refractivity contribution in [2.24, 2.45) is 11.8 Å². The maximum Gasteiger partial charge on any atom is 0.344 e. The first-order valence-electron chi connectivity index (χ1n) is 8.29. The summed E-state index contributed by atoms with van der Waals surface area (Å²) >= 11 is 5.93. The standard InChI is InChI=1S/C18H24ClNO4/c1-12-6-5-8-15(13(12)2)20-17(21)10-24-18(22)11-23-16-9-4-3-7-14(16)19/h3-4,7,9,12-13,15H,5-6,8,10-11H2,1-2H3,(H,20,21)/t12-,13+,15+/m0/s1. The fraction of sp³-hybridized carbons (Fsp3) is 0.556. The summed E-state index contributed by atoms with van der Waals surface area (Å²) in [5.41, 5.74) is 0. The van der Waals surface area contributed by atoms with Gasteiger partial charge >= 0.3 is 5.97 Å². The second-order valence-corrected chi connectivity index (χ2v) is 6.73. The highest BCUT2D eigenvalue weighted by Gasteiger charge is 2.28. The van der Waals surface area contributed by atoms with Gasteiger partial charge < -0.3 is 14.8 Å². The lowest BCUT2D eigenvalue weighted by molar-refractivity contribution is -0.150. The third kappa shape index (κ3) is 5.41. The summed E-state index contributed by atoms with van der Waals surface area (Å²) in [6.07, 6.45) is 3.28. The van der Waals surface area contributed by atoms with E-state index in [4.69, 9.17) is 21.1 Å². The van der Waals surface area contributed by atoms with Gasteiger partial charge in [0.15, 0.2) is 13.2 Å². The number of hydrogen-bond donors (Lipinski definition) is 1. The third-order valence-electron chi connectivity index (χ3n) is 4.60. The maximum atomic E-state index is 11.9. The van der Waals surface area contributed by atoms with Gasteiger partial charge in [-0.2, -0.15) is 0 Å². The van der Waals surface area contributed by atoms with Crippen LogP contribution in [0.15, 0.2) is 24.3 Å². The molecule has 0 radical (unpaired) electrons. The summed E-state index contributed by atoms with van der Waals surface area (Å²) in [5, 5.41) is 3.38. The van der Waals surface area contributed by atoms with Crippen molar-refractivity contribution in [1.82, 2.24) is 5.32 Å². The van der Waals surface area contributed by atoms with E-state index in [2.05, 4.69) is 19.2 Å². The second-order valence-electron chi connectivity index (χ2n) is 6.32. The number of ether oxygens (including phenoxy) is 2. The number of para-hydroxylation sites is 1. The Kier molecular flexibility index (Phi) is 6.91. The predicted octanol–water partition coefficient (Wildman–Crippen LogP) is 3.20. The van der Waals surface area contributed by atoms with E-state index < -0.39 is 5.97 Å². The SMILES string of the molecule is C[C@@H]1[C@@H](C)CCC[C@H]1NC(=O)COC(=O)COc1ccccc1Cl. The quantitative estimate of drug-likeness (QED) is 0.797. The summed E-state index contributed by atoms with van der Waals surface area (Å²) in [6.45, 7) is 3.78. The first-order chi connectivity index (χ1) is 11.5. The van der Waals surface area contributed by atoms with Gasteiger partial charge in [0, 0.05) is 6.04 Å². The third-order valence-corrected chi connectivity index (χ3v) is 4.91. The van der Waals surface area contributed by atoms with E-state index in [0.29, 0.717) is 22.6 Å². The van der Waals surface area contributed by atoms with Crippen LogP contribution in [0.3, 0.4) is 0 Å². The Balaban J connectivity index is 1.69. The maximum absolute atomic E-state index is 11.9. The average molecular weight is 354 g/mol. The average Bonchev–Trinajstić information content (AvgIpc) is 2.56. The zero-order valence-corrected chi connectivity index (χ0v) is 14.8. The Morgan fingerprint density at radius 3 is 2.71 bits per heavy atom. The number of carbonyl (C=O) groups excluding carboxylic acids is 2. The highest BCUT2D eigenvalue weighted by molar-refractivity contribution is 6.32. The molecule has 1 aliphatic carbocycles. The molecule has 1 fully saturated rings. The monoisotopic (exact) mass is 353 g/mol. The van der Waals surface area contributed by atoms with Crippen molar-refractivity contribution in [3.05, 3.63) is 29.3 Å². The molecule has 132 valence electrons. The smallest absolute Gasteiger partial charge is 0.344 e. The fourth-order valence-electron chi connectivity index (χ4n) is 2.92. The van der Waals surface area contributed by atoms with Gasteiger partial charge in [0.25, 0.3) is 5.91 Å². The lowest BCUT2D eigenvalue weighted by Gasteiger charge is -2.34. The number of hydrogen-bond acceptors (Lipinski definition) is 4. The van der Waals surface area contributed by atoms with E-state index in [1.54, 1.807) is 24.3 Å². The Morgan fingerprint density at radius 2 is 1.96 bits per heavy atom. The summed E-state index contributed by atoms with van der Waals surface area (Å²) in [7, 11) is 0. The molecule has 0 aromatic heterocycles. The molecule has 1 amide bonds. The van der Waals surface area contributed by atoms with Crippen LogP contribution in [0, 0.1) is 11.8 Å². The summed E-state index contributed by atoms with van der Waals surface area (Å²) in [4.78, 5) is 23.6. The molecule has 0 spiro atoms. The van der Waals surface area contributed by atoms with E-state index >= 15 is 0 Å². The van der Waals surface area contributed by atoms with Crippen LogP contribution in [0.5, 0.6) is 5.75 Å². The molecule has 0 unspecified atom stereocenters. The molecule has 0 bridgehead atoms. The van der Waals surface area contributed by atoms with Crippen molar-refractivity contribution >= 4 is 23.5 Å². The zero-order valence-electron chi connectivity index (χ0n) is 14.1. The molecule has 1 aromatic rings. The molecule has 1 N–H and O–H groups in total. The Bertz CT molecular complexity index is 578. The molecule has 6 heteroatoms. The number of carbonyl (C=O) groups is 2. The van der Waals surface area contributed by atoms with Gasteiger partial charge in [-0.15, -0.1) is 0 Å². The largest absolute Gasteiger partial charge is 0.480 e. The van der Waals surface area contributed by atoms with Crippen LogP contribution in [-0.4, -0.2) is 31.1 Å². The van der Waals surface area contributed by atoms with Gasteiger partial charge in [-0.3, -0.25) is 4.79 Å². The van der Waals surface area contributed by atoms with Crippen LogP contribution >= 0.6 is 11.6 Å². The highest BCUT2D eigenvalue weighted by Crippen LogP contribution is 2.29. The zero-order chi connectivity index (χ0) is 17.5. The summed E-state index contributed by atoms with van der Waals surface area (Å²) < 4.78 is 10.2. The predicted molar refractivity (Wildman–Crippen MR) is 92.0 cm³/mol. The van der Waals surface area contributed by atoms with Crippen molar-refractivity contribution < 1.29 is 19.1 Å². The van der Waals surface area contributed by atoms with Crippen molar-refractivity contribution in [2.45, 2.75) is 39.2 Å². The van der Waals surface area contributed by atoms with Gasteiger partial charge in [-0.1, -0.05) is 50.4 Å². The van der Waals surface area contributed by atoms with Gasteiger partial charge in [0.2, 0.25) is 0 Å². The van der Waals surface area contributed by atoms with E-state index in [9.17, 15) is 9.59 Å². The molecule has 0 saturated heterocycles. The second kappa shape index (κ2) is 8.92. The topological polar surface area (TPSA) is 64.6 Å². The van der Waals surface area contributed by atoms with Crippen LogP contribution in [0.4, 0.5) is 0 Å². The summed E-state index contributed by atoms with van der Waals surface area (Å²) in [6, 6.07) is 7.01. The molecule has 1 aromatic carbocycles. The molecule has 0 aliphatic heterocycles. The van der Waals surface area contributed by atoms with Crippen LogP contribution < -0.4 is 10.1 Å². The Morgan fingerprint density at radius 1 is 1.21 bits per heavy atom. The van der Waals surface area contributed by atoms with E-state index in [1.165, 1.54) is 6.42 Å². The number of halogens is 1. The summed E-state index contributed by atoms with van der Waals surface area (Å²) in [5.74, 6) is 0.560. The van der Waals surface area contributed by atoms with E-state index in [-0.39, 0.29) is 25.2 Å². The van der Waals surface area contributed by atoms with Crippen LogP contribution in [0.2, 0.25) is 5.02 Å². The first-order valence-corrected chi connectivity index (χ1v) is 8.67. The number of esters is 1. The van der Waals surface area contributed by atoms with Crippen molar-refractivity contribution in [1.29, 1.82) is 0 Å². The van der Waals surface area contributed by atoms with Crippen LogP contribution in [0.1, 0.15) is 33.1 Å². The molecular weight excluding hydrogens is 330 g/mol. The molecule has 24 heavy (non-hydrogen) atoms. The number of amides is 1. The molecule has 1 aliphatic rings.